The molecule has 3 N–H and O–H groups in total. The number of nitrogens with one attached hydrogen (secondary N) is 1. The van der Waals surface area contributed by atoms with E-state index >= 15 is 0 Å². The van der Waals surface area contributed by atoms with Gasteiger partial charge in [0, 0.05) is 32.4 Å². The molecule has 1 aliphatic heterocycles. The zero-order valence-electron chi connectivity index (χ0n) is 8.52. The van der Waals surface area contributed by atoms with E-state index in [1.165, 1.54) is 0 Å². The Balaban J connectivity index is 1.91. The average Bonchev–Trinajstić information content (AvgIpc) is 2.65. The quantitative estimate of drug-likeness (QED) is 0.648. The third-order valence-electron chi connectivity index (χ3n) is 2.42. The standard InChI is InChI=1S/C9H15N5O/c10-8-5-12-14(6-8)7-9(15)13-3-1-11-2-4-13/h5-6,11H,1-4,7,10H2. The van der Waals surface area contributed by atoms with E-state index in [-0.39, 0.29) is 12.5 Å². The van der Waals surface area contributed by atoms with Gasteiger partial charge in [0.25, 0.3) is 0 Å². The van der Waals surface area contributed by atoms with Gasteiger partial charge in [-0.25, -0.2) is 0 Å². The second-order valence-corrected chi connectivity index (χ2v) is 3.60. The molecule has 0 saturated carbocycles. The Bertz CT molecular complexity index is 342. The predicted molar refractivity (Wildman–Crippen MR) is 56.1 cm³/mol. The van der Waals surface area contributed by atoms with Crippen LogP contribution in [0.1, 0.15) is 0 Å². The summed E-state index contributed by atoms with van der Waals surface area (Å²) in [4.78, 5) is 13.6. The molecule has 0 unspecified atom stereocenters. The number of amides is 1. The fourth-order valence-electron chi connectivity index (χ4n) is 1.62. The minimum absolute atomic E-state index is 0.0969. The summed E-state index contributed by atoms with van der Waals surface area (Å²) >= 11 is 0. The van der Waals surface area contributed by atoms with E-state index in [2.05, 4.69) is 10.4 Å². The van der Waals surface area contributed by atoms with Crippen molar-refractivity contribution in [2.75, 3.05) is 31.9 Å². The van der Waals surface area contributed by atoms with Crippen molar-refractivity contribution in [1.29, 1.82) is 0 Å². The van der Waals surface area contributed by atoms with Gasteiger partial charge in [-0.3, -0.25) is 9.48 Å². The van der Waals surface area contributed by atoms with E-state index in [1.54, 1.807) is 17.1 Å². The van der Waals surface area contributed by atoms with E-state index in [9.17, 15) is 4.79 Å². The zero-order chi connectivity index (χ0) is 10.7. The van der Waals surface area contributed by atoms with Crippen molar-refractivity contribution in [2.24, 2.45) is 0 Å². The van der Waals surface area contributed by atoms with Crippen LogP contribution in [0.3, 0.4) is 0 Å². The normalized spacial score (nSPS) is 16.7. The number of carbonyl (C=O) groups is 1. The minimum Gasteiger partial charge on any atom is -0.396 e. The van der Waals surface area contributed by atoms with Crippen LogP contribution in [0.25, 0.3) is 0 Å². The average molecular weight is 209 g/mol. The van der Waals surface area contributed by atoms with Crippen molar-refractivity contribution in [1.82, 2.24) is 20.0 Å². The maximum atomic E-state index is 11.8. The summed E-state index contributed by atoms with van der Waals surface area (Å²) in [6.07, 6.45) is 3.21. The van der Waals surface area contributed by atoms with E-state index in [1.807, 2.05) is 4.90 Å². The SMILES string of the molecule is Nc1cnn(CC(=O)N2CCNCC2)c1. The number of hydrogen-bond donors (Lipinski definition) is 2. The topological polar surface area (TPSA) is 76.2 Å². The summed E-state index contributed by atoms with van der Waals surface area (Å²) in [5.74, 6) is 0.0969. The predicted octanol–water partition coefficient (Wildman–Crippen LogP) is -1.10. The van der Waals surface area contributed by atoms with Crippen molar-refractivity contribution in [3.63, 3.8) is 0 Å². The van der Waals surface area contributed by atoms with Gasteiger partial charge in [-0.1, -0.05) is 0 Å². The summed E-state index contributed by atoms with van der Waals surface area (Å²) in [5, 5.41) is 7.18. The molecule has 2 rings (SSSR count). The van der Waals surface area contributed by atoms with Gasteiger partial charge in [0.2, 0.25) is 5.91 Å². The summed E-state index contributed by atoms with van der Waals surface area (Å²) in [6.45, 7) is 3.56. The highest BCUT2D eigenvalue weighted by atomic mass is 16.2. The molecule has 0 atom stereocenters. The van der Waals surface area contributed by atoms with Gasteiger partial charge in [-0.2, -0.15) is 5.10 Å². The van der Waals surface area contributed by atoms with Gasteiger partial charge in [0.05, 0.1) is 11.9 Å². The molecule has 82 valence electrons. The molecule has 0 aliphatic carbocycles. The van der Waals surface area contributed by atoms with Crippen molar-refractivity contribution < 1.29 is 4.79 Å². The van der Waals surface area contributed by atoms with Crippen molar-refractivity contribution in [3.8, 4) is 0 Å². The first-order valence-corrected chi connectivity index (χ1v) is 5.02. The molecule has 6 heteroatoms. The number of nitrogens with zero attached hydrogens (tertiary/aromatic N) is 3. The second kappa shape index (κ2) is 4.31. The first-order chi connectivity index (χ1) is 7.25. The maximum absolute atomic E-state index is 11.8. The van der Waals surface area contributed by atoms with Crippen molar-refractivity contribution >= 4 is 11.6 Å². The van der Waals surface area contributed by atoms with E-state index in [0.29, 0.717) is 5.69 Å². The number of anilines is 1. The Morgan fingerprint density at radius 2 is 2.27 bits per heavy atom. The van der Waals surface area contributed by atoms with Crippen LogP contribution in [0.15, 0.2) is 12.4 Å². The summed E-state index contributed by atoms with van der Waals surface area (Å²) in [6, 6.07) is 0. The molecular weight excluding hydrogens is 194 g/mol. The molecule has 1 fully saturated rings. The van der Waals surface area contributed by atoms with E-state index < -0.39 is 0 Å². The monoisotopic (exact) mass is 209 g/mol. The van der Waals surface area contributed by atoms with E-state index in [4.69, 9.17) is 5.73 Å². The Kier molecular flexibility index (Phi) is 2.86. The lowest BCUT2D eigenvalue weighted by Crippen LogP contribution is -2.47. The number of carbonyl (C=O) groups excluding carboxylic acids is 1. The molecular formula is C9H15N5O. The number of nitrogens with two attached hydrogens (primary N) is 1. The molecule has 1 amide bonds. The van der Waals surface area contributed by atoms with Gasteiger partial charge < -0.3 is 16.0 Å². The van der Waals surface area contributed by atoms with Crippen LogP contribution in [0.2, 0.25) is 0 Å². The van der Waals surface area contributed by atoms with Gasteiger partial charge in [0.15, 0.2) is 0 Å². The highest BCUT2D eigenvalue weighted by Gasteiger charge is 2.16. The number of hydrogen-bond acceptors (Lipinski definition) is 4. The molecule has 1 saturated heterocycles. The molecule has 0 bridgehead atoms. The molecule has 2 heterocycles. The van der Waals surface area contributed by atoms with Gasteiger partial charge in [-0.15, -0.1) is 0 Å². The second-order valence-electron chi connectivity index (χ2n) is 3.60. The van der Waals surface area contributed by atoms with Gasteiger partial charge in [-0.05, 0) is 0 Å². The highest BCUT2D eigenvalue weighted by Crippen LogP contribution is 2.00. The van der Waals surface area contributed by atoms with Crippen molar-refractivity contribution in [3.05, 3.63) is 12.4 Å². The van der Waals surface area contributed by atoms with Gasteiger partial charge >= 0.3 is 0 Å². The molecule has 1 aromatic heterocycles. The first kappa shape index (κ1) is 9.97. The van der Waals surface area contributed by atoms with Crippen LogP contribution in [-0.4, -0.2) is 46.8 Å². The Hall–Kier alpha value is -1.56. The van der Waals surface area contributed by atoms with Crippen LogP contribution in [0.4, 0.5) is 5.69 Å². The highest BCUT2D eigenvalue weighted by molar-refractivity contribution is 5.76. The van der Waals surface area contributed by atoms with Crippen LogP contribution in [-0.2, 0) is 11.3 Å². The Labute approximate surface area is 88.0 Å². The molecule has 0 radical (unpaired) electrons. The van der Waals surface area contributed by atoms with Gasteiger partial charge in [0.1, 0.15) is 6.54 Å². The summed E-state index contributed by atoms with van der Waals surface area (Å²) in [5.41, 5.74) is 6.10. The molecule has 0 spiro atoms. The maximum Gasteiger partial charge on any atom is 0.244 e. The first-order valence-electron chi connectivity index (χ1n) is 5.02. The van der Waals surface area contributed by atoms with Crippen LogP contribution < -0.4 is 11.1 Å². The van der Waals surface area contributed by atoms with E-state index in [0.717, 1.165) is 26.2 Å². The summed E-state index contributed by atoms with van der Waals surface area (Å²) < 4.78 is 1.57. The zero-order valence-corrected chi connectivity index (χ0v) is 8.52. The largest absolute Gasteiger partial charge is 0.396 e. The Morgan fingerprint density at radius 3 is 2.87 bits per heavy atom. The number of piperazine rings is 1. The third-order valence-corrected chi connectivity index (χ3v) is 2.42. The summed E-state index contributed by atoms with van der Waals surface area (Å²) in [7, 11) is 0. The molecule has 1 aromatic rings. The lowest BCUT2D eigenvalue weighted by Gasteiger charge is -2.27. The molecule has 15 heavy (non-hydrogen) atoms. The molecule has 0 aromatic carbocycles. The Morgan fingerprint density at radius 1 is 1.53 bits per heavy atom. The van der Waals surface area contributed by atoms with Crippen LogP contribution >= 0.6 is 0 Å². The fourth-order valence-corrected chi connectivity index (χ4v) is 1.62. The lowest BCUT2D eigenvalue weighted by molar-refractivity contribution is -0.132. The number of rotatable bonds is 2. The number of nitrogen functional groups attached to an aromatic ring is 1. The van der Waals surface area contributed by atoms with Crippen molar-refractivity contribution in [2.45, 2.75) is 6.54 Å². The smallest absolute Gasteiger partial charge is 0.244 e. The lowest BCUT2D eigenvalue weighted by atomic mass is 10.3. The van der Waals surface area contributed by atoms with Crippen LogP contribution in [0.5, 0.6) is 0 Å². The molecule has 6 nitrogen and oxygen atoms in total. The molecule has 1 aliphatic rings. The fraction of sp³-hybridized carbons (Fsp3) is 0.556. The third kappa shape index (κ3) is 2.47. The van der Waals surface area contributed by atoms with Crippen LogP contribution in [0, 0.1) is 0 Å². The number of aromatic nitrogens is 2. The minimum atomic E-state index is 0.0969.